The van der Waals surface area contributed by atoms with E-state index in [1.165, 1.54) is 19.2 Å². The van der Waals surface area contributed by atoms with E-state index in [-0.39, 0.29) is 48.1 Å². The molecule has 4 heterocycles. The fourth-order valence-electron chi connectivity index (χ4n) is 4.49. The number of nitrogens with zero attached hydrogens (tertiary/aromatic N) is 3. The number of halogens is 3. The number of aliphatic hydroxyl groups is 1. The number of carbonyl (C=O) groups is 2. The van der Waals surface area contributed by atoms with Crippen molar-refractivity contribution in [1.82, 2.24) is 20.2 Å². The van der Waals surface area contributed by atoms with E-state index in [2.05, 4.69) is 20.6 Å². The lowest BCUT2D eigenvalue weighted by Crippen LogP contribution is -2.42. The van der Waals surface area contributed by atoms with Gasteiger partial charge in [-0.25, -0.2) is 9.97 Å². The first-order valence-corrected chi connectivity index (χ1v) is 13.0. The predicted molar refractivity (Wildman–Crippen MR) is 132 cm³/mol. The lowest BCUT2D eigenvalue weighted by molar-refractivity contribution is -0.142. The molecular weight excluding hydrogens is 511 g/mol. The van der Waals surface area contributed by atoms with Crippen LogP contribution in [0, 0.1) is 6.92 Å². The molecule has 2 saturated heterocycles. The Labute approximate surface area is 216 Å². The number of rotatable bonds is 7. The zero-order valence-corrected chi connectivity index (χ0v) is 21.6. The van der Waals surface area contributed by atoms with Crippen LogP contribution in [-0.2, 0) is 4.74 Å². The van der Waals surface area contributed by atoms with Crippen LogP contribution >= 0.6 is 11.3 Å². The summed E-state index contributed by atoms with van der Waals surface area (Å²) in [7, 11) is 0. The van der Waals surface area contributed by atoms with Crippen molar-refractivity contribution in [3.05, 3.63) is 28.5 Å². The number of alkyl halides is 3. The number of aliphatic hydroxyl groups excluding tert-OH is 1. The van der Waals surface area contributed by atoms with Crippen LogP contribution in [0.5, 0.6) is 0 Å². The van der Waals surface area contributed by atoms with E-state index in [0.717, 1.165) is 24.2 Å². The van der Waals surface area contributed by atoms with Crippen molar-refractivity contribution >= 4 is 29.0 Å². The number of likely N-dealkylation sites (tertiary alicyclic amines) is 1. The molecule has 0 aliphatic carbocycles. The summed E-state index contributed by atoms with van der Waals surface area (Å²) in [6, 6.07) is -0.828. The number of aromatic nitrogens is 2. The number of aryl methyl sites for hydroxylation is 1. The normalized spacial score (nSPS) is 22.8. The molecule has 0 saturated carbocycles. The van der Waals surface area contributed by atoms with E-state index >= 15 is 0 Å². The van der Waals surface area contributed by atoms with E-state index in [4.69, 9.17) is 4.74 Å². The second-order valence-corrected chi connectivity index (χ2v) is 10.4. The zero-order valence-electron chi connectivity index (χ0n) is 20.8. The predicted octanol–water partition coefficient (Wildman–Crippen LogP) is 3.38. The highest BCUT2D eigenvalue weighted by molar-refractivity contribution is 7.17. The number of carbonyl (C=O) groups excluding carboxylic acids is 2. The maximum Gasteiger partial charge on any atom is 0.408 e. The van der Waals surface area contributed by atoms with Crippen molar-refractivity contribution < 1.29 is 32.6 Å². The summed E-state index contributed by atoms with van der Waals surface area (Å²) in [6.07, 6.45) is -2.31. The Kier molecular flexibility index (Phi) is 8.05. The Balaban J connectivity index is 1.67. The Morgan fingerprint density at radius 1 is 1.35 bits per heavy atom. The minimum absolute atomic E-state index is 0.0178. The topological polar surface area (TPSA) is 117 Å². The zero-order chi connectivity index (χ0) is 26.9. The molecule has 2 fully saturated rings. The molecular formula is C24H30F3N5O4S. The highest BCUT2D eigenvalue weighted by Gasteiger charge is 2.39. The minimum atomic E-state index is -4.42. The molecule has 202 valence electrons. The minimum Gasteiger partial charge on any atom is -0.388 e. The Hall–Kier alpha value is -2.77. The fraction of sp³-hybridized carbons (Fsp3) is 0.583. The summed E-state index contributed by atoms with van der Waals surface area (Å²) in [5, 5.41) is 15.1. The third kappa shape index (κ3) is 5.88. The standard InChI is InChI=1S/C24H30F3N5O4S/c1-4-17(24(25,26)27)30-18-8-12(2)14(9-28-18)20-19(23(35)32-7-5-6-13(32)3)31-22(37-20)21(34)29-15-10-36-11-16(15)33/h8-9,13,15-17,33H,4-7,10-11H2,1-3H3,(H,28,30)(H,29,34)/t13-,15-,16-,17+/m0/s1. The average molecular weight is 542 g/mol. The van der Waals surface area contributed by atoms with Crippen molar-refractivity contribution in [1.29, 1.82) is 0 Å². The molecule has 0 radical (unpaired) electrons. The van der Waals surface area contributed by atoms with Crippen molar-refractivity contribution in [2.75, 3.05) is 25.1 Å². The van der Waals surface area contributed by atoms with Crippen molar-refractivity contribution in [2.24, 2.45) is 0 Å². The summed E-state index contributed by atoms with van der Waals surface area (Å²) < 4.78 is 44.8. The molecule has 2 amide bonds. The molecule has 2 aromatic heterocycles. The number of amides is 2. The SMILES string of the molecule is CC[C@@H](Nc1cc(C)c(-c2sc(C(=O)N[C@H]3COC[C@@H]3O)nc2C(=O)N2CCC[C@@H]2C)cn1)C(F)(F)F. The number of ether oxygens (including phenoxy) is 1. The lowest BCUT2D eigenvalue weighted by Gasteiger charge is -2.22. The molecule has 37 heavy (non-hydrogen) atoms. The first-order chi connectivity index (χ1) is 17.5. The van der Waals surface area contributed by atoms with Gasteiger partial charge in [0, 0.05) is 24.3 Å². The number of hydrogen-bond acceptors (Lipinski definition) is 8. The smallest absolute Gasteiger partial charge is 0.388 e. The second-order valence-electron chi connectivity index (χ2n) is 9.40. The van der Waals surface area contributed by atoms with Crippen LogP contribution < -0.4 is 10.6 Å². The van der Waals surface area contributed by atoms with Gasteiger partial charge in [-0.3, -0.25) is 9.59 Å². The molecule has 4 atom stereocenters. The third-order valence-corrected chi connectivity index (χ3v) is 7.77. The van der Waals surface area contributed by atoms with Gasteiger partial charge < -0.3 is 25.4 Å². The van der Waals surface area contributed by atoms with Gasteiger partial charge in [0.15, 0.2) is 5.01 Å². The van der Waals surface area contributed by atoms with Crippen molar-refractivity contribution in [3.63, 3.8) is 0 Å². The van der Waals surface area contributed by atoms with Gasteiger partial charge in [-0.05, 0) is 44.7 Å². The number of hydrogen-bond donors (Lipinski definition) is 3. The van der Waals surface area contributed by atoms with Crippen LogP contribution in [0.1, 0.15) is 59.0 Å². The largest absolute Gasteiger partial charge is 0.408 e. The van der Waals surface area contributed by atoms with E-state index in [1.54, 1.807) is 11.8 Å². The summed E-state index contributed by atoms with van der Waals surface area (Å²) in [6.45, 7) is 5.93. The van der Waals surface area contributed by atoms with Crippen LogP contribution in [0.4, 0.5) is 19.0 Å². The lowest BCUT2D eigenvalue weighted by atomic mass is 10.1. The van der Waals surface area contributed by atoms with Crippen LogP contribution in [0.15, 0.2) is 12.3 Å². The highest BCUT2D eigenvalue weighted by atomic mass is 32.1. The van der Waals surface area contributed by atoms with Gasteiger partial charge >= 0.3 is 6.18 Å². The van der Waals surface area contributed by atoms with E-state index in [1.807, 2.05) is 6.92 Å². The second kappa shape index (κ2) is 10.9. The number of pyridine rings is 1. The van der Waals surface area contributed by atoms with Crippen molar-refractivity contribution in [3.8, 4) is 10.4 Å². The number of nitrogens with one attached hydrogen (secondary N) is 2. The summed E-state index contributed by atoms with van der Waals surface area (Å²) in [4.78, 5) is 37.1. The Morgan fingerprint density at radius 2 is 2.11 bits per heavy atom. The van der Waals surface area contributed by atoms with Crippen LogP contribution in [0.25, 0.3) is 10.4 Å². The number of anilines is 1. The van der Waals surface area contributed by atoms with Crippen LogP contribution in [0.2, 0.25) is 0 Å². The van der Waals surface area contributed by atoms with Crippen molar-refractivity contribution in [2.45, 2.75) is 70.4 Å². The monoisotopic (exact) mass is 541 g/mol. The quantitative estimate of drug-likeness (QED) is 0.492. The molecule has 9 nitrogen and oxygen atoms in total. The van der Waals surface area contributed by atoms with Gasteiger partial charge in [0.1, 0.15) is 17.6 Å². The molecule has 3 N–H and O–H groups in total. The average Bonchev–Trinajstić information content (AvgIpc) is 3.57. The van der Waals surface area contributed by atoms with Gasteiger partial charge in [-0.15, -0.1) is 11.3 Å². The fourth-order valence-corrected chi connectivity index (χ4v) is 5.53. The molecule has 0 unspecified atom stereocenters. The van der Waals surface area contributed by atoms with E-state index < -0.39 is 30.3 Å². The molecule has 0 spiro atoms. The highest BCUT2D eigenvalue weighted by Crippen LogP contribution is 2.35. The maximum absolute atomic E-state index is 13.5. The molecule has 2 aromatic rings. The van der Waals surface area contributed by atoms with Gasteiger partial charge in [-0.1, -0.05) is 6.92 Å². The van der Waals surface area contributed by atoms with Crippen LogP contribution in [0.3, 0.4) is 0 Å². The van der Waals surface area contributed by atoms with Gasteiger partial charge in [0.05, 0.1) is 30.2 Å². The van der Waals surface area contributed by atoms with Gasteiger partial charge in [-0.2, -0.15) is 13.2 Å². The molecule has 2 aliphatic rings. The summed E-state index contributed by atoms with van der Waals surface area (Å²) in [5.74, 6) is -0.803. The maximum atomic E-state index is 13.5. The van der Waals surface area contributed by atoms with Gasteiger partial charge in [0.25, 0.3) is 11.8 Å². The molecule has 4 rings (SSSR count). The third-order valence-electron chi connectivity index (χ3n) is 6.69. The number of thiazole rings is 1. The first kappa shape index (κ1) is 27.3. The van der Waals surface area contributed by atoms with E-state index in [9.17, 15) is 27.9 Å². The summed E-state index contributed by atoms with van der Waals surface area (Å²) >= 11 is 1.00. The molecule has 13 heteroatoms. The first-order valence-electron chi connectivity index (χ1n) is 12.2. The van der Waals surface area contributed by atoms with E-state index in [0.29, 0.717) is 22.5 Å². The van der Waals surface area contributed by atoms with Gasteiger partial charge in [0.2, 0.25) is 0 Å². The molecule has 0 bridgehead atoms. The Bertz CT molecular complexity index is 1160. The molecule has 0 aromatic carbocycles. The summed E-state index contributed by atoms with van der Waals surface area (Å²) in [5.41, 5.74) is 1.18. The van der Waals surface area contributed by atoms with Crippen LogP contribution in [-0.4, -0.2) is 82.0 Å². The Morgan fingerprint density at radius 3 is 2.68 bits per heavy atom. The molecule has 2 aliphatic heterocycles.